The summed E-state index contributed by atoms with van der Waals surface area (Å²) in [5.74, 6) is 1.62. The molecule has 30 heavy (non-hydrogen) atoms. The predicted octanol–water partition coefficient (Wildman–Crippen LogP) is 4.57. The molecule has 0 saturated heterocycles. The number of fused-ring (bicyclic) bond motifs is 1. The molecule has 162 valence electrons. The minimum atomic E-state index is -3.50. The first kappa shape index (κ1) is 22.7. The summed E-state index contributed by atoms with van der Waals surface area (Å²) in [6, 6.07) is 13.2. The maximum atomic E-state index is 12.8. The number of imidazole rings is 1. The third-order valence-electron chi connectivity index (χ3n) is 4.92. The zero-order valence-electron chi connectivity index (χ0n) is 18.0. The van der Waals surface area contributed by atoms with E-state index in [0.717, 1.165) is 28.7 Å². The average molecular weight is 448 g/mol. The van der Waals surface area contributed by atoms with Crippen LogP contribution in [0.4, 0.5) is 0 Å². The van der Waals surface area contributed by atoms with Gasteiger partial charge in [-0.05, 0) is 49.7 Å². The Morgan fingerprint density at radius 1 is 1.10 bits per heavy atom. The number of ether oxygens (including phenoxy) is 1. The minimum absolute atomic E-state index is 0.291. The van der Waals surface area contributed by atoms with E-state index in [0.29, 0.717) is 30.1 Å². The van der Waals surface area contributed by atoms with Crippen LogP contribution in [0, 0.1) is 6.92 Å². The van der Waals surface area contributed by atoms with Crippen molar-refractivity contribution in [1.29, 1.82) is 0 Å². The standard InChI is InChI=1S/C22H29N3O3S2/c1-5-24(6-2)30(26,27)19-11-12-21-20(16-19)23-22(25(21)7-3)29-14-13-28-18-10-8-9-17(4)15-18/h8-12,15-16H,5-7,13-14H2,1-4H3. The van der Waals surface area contributed by atoms with Crippen molar-refractivity contribution in [2.45, 2.75) is 44.3 Å². The van der Waals surface area contributed by atoms with Gasteiger partial charge in [-0.15, -0.1) is 0 Å². The lowest BCUT2D eigenvalue weighted by molar-refractivity contribution is 0.343. The largest absolute Gasteiger partial charge is 0.493 e. The Bertz CT molecular complexity index is 1110. The fourth-order valence-corrected chi connectivity index (χ4v) is 5.75. The lowest BCUT2D eigenvalue weighted by atomic mass is 10.2. The highest BCUT2D eigenvalue weighted by atomic mass is 32.2. The molecule has 0 N–H and O–H groups in total. The van der Waals surface area contributed by atoms with Gasteiger partial charge in [-0.3, -0.25) is 0 Å². The van der Waals surface area contributed by atoms with Crippen LogP contribution in [0.15, 0.2) is 52.5 Å². The molecular weight excluding hydrogens is 418 g/mol. The number of sulfonamides is 1. The Kier molecular flexibility index (Phi) is 7.44. The van der Waals surface area contributed by atoms with Crippen molar-refractivity contribution in [3.05, 3.63) is 48.0 Å². The summed E-state index contributed by atoms with van der Waals surface area (Å²) < 4.78 is 35.1. The summed E-state index contributed by atoms with van der Waals surface area (Å²) in [6.45, 7) is 10.0. The molecule has 2 aromatic carbocycles. The molecule has 0 amide bonds. The third-order valence-corrected chi connectivity index (χ3v) is 7.90. The van der Waals surface area contributed by atoms with Crippen LogP contribution >= 0.6 is 11.8 Å². The molecule has 0 radical (unpaired) electrons. The Balaban J connectivity index is 1.77. The highest BCUT2D eigenvalue weighted by Gasteiger charge is 2.23. The summed E-state index contributed by atoms with van der Waals surface area (Å²) in [7, 11) is -3.50. The molecule has 3 aromatic rings. The van der Waals surface area contributed by atoms with Crippen LogP contribution in [0.25, 0.3) is 11.0 Å². The topological polar surface area (TPSA) is 64.4 Å². The molecule has 1 heterocycles. The molecule has 0 atom stereocenters. The number of thioether (sulfide) groups is 1. The van der Waals surface area contributed by atoms with Crippen LogP contribution in [0.2, 0.25) is 0 Å². The Morgan fingerprint density at radius 2 is 1.87 bits per heavy atom. The summed E-state index contributed by atoms with van der Waals surface area (Å²) >= 11 is 1.62. The monoisotopic (exact) mass is 447 g/mol. The van der Waals surface area contributed by atoms with Crippen molar-refractivity contribution in [2.75, 3.05) is 25.4 Å². The van der Waals surface area contributed by atoms with Gasteiger partial charge in [0.05, 0.1) is 22.5 Å². The summed E-state index contributed by atoms with van der Waals surface area (Å²) in [5.41, 5.74) is 2.81. The lowest BCUT2D eigenvalue weighted by Crippen LogP contribution is -2.30. The maximum absolute atomic E-state index is 12.8. The van der Waals surface area contributed by atoms with Crippen LogP contribution in [0.3, 0.4) is 0 Å². The molecule has 8 heteroatoms. The number of hydrogen-bond acceptors (Lipinski definition) is 5. The fraction of sp³-hybridized carbons (Fsp3) is 0.409. The molecule has 0 aliphatic rings. The van der Waals surface area contributed by atoms with E-state index in [2.05, 4.69) is 11.5 Å². The van der Waals surface area contributed by atoms with Crippen molar-refractivity contribution in [2.24, 2.45) is 0 Å². The summed E-state index contributed by atoms with van der Waals surface area (Å²) in [4.78, 5) is 5.01. The number of aryl methyl sites for hydroxylation is 2. The molecule has 6 nitrogen and oxygen atoms in total. The van der Waals surface area contributed by atoms with Gasteiger partial charge in [-0.2, -0.15) is 4.31 Å². The van der Waals surface area contributed by atoms with Gasteiger partial charge < -0.3 is 9.30 Å². The van der Waals surface area contributed by atoms with E-state index in [4.69, 9.17) is 9.72 Å². The van der Waals surface area contributed by atoms with Gasteiger partial charge >= 0.3 is 0 Å². The Morgan fingerprint density at radius 3 is 2.53 bits per heavy atom. The zero-order valence-corrected chi connectivity index (χ0v) is 19.6. The van der Waals surface area contributed by atoms with Crippen molar-refractivity contribution in [3.63, 3.8) is 0 Å². The van der Waals surface area contributed by atoms with Gasteiger partial charge in [-0.1, -0.05) is 37.7 Å². The Labute approximate surface area is 183 Å². The normalized spacial score (nSPS) is 12.0. The number of aromatic nitrogens is 2. The van der Waals surface area contributed by atoms with E-state index < -0.39 is 10.0 Å². The molecule has 1 aromatic heterocycles. The third kappa shape index (κ3) is 4.82. The molecule has 0 fully saturated rings. The number of hydrogen-bond donors (Lipinski definition) is 0. The van der Waals surface area contributed by atoms with Gasteiger partial charge in [0.25, 0.3) is 0 Å². The molecule has 0 spiro atoms. The molecule has 0 aliphatic heterocycles. The van der Waals surface area contributed by atoms with E-state index in [1.165, 1.54) is 9.87 Å². The molecule has 0 unspecified atom stereocenters. The molecule has 0 saturated carbocycles. The lowest BCUT2D eigenvalue weighted by Gasteiger charge is -2.18. The van der Waals surface area contributed by atoms with Crippen LogP contribution in [-0.4, -0.2) is 47.7 Å². The van der Waals surface area contributed by atoms with Gasteiger partial charge in [0, 0.05) is 25.4 Å². The maximum Gasteiger partial charge on any atom is 0.243 e. The van der Waals surface area contributed by atoms with Crippen LogP contribution < -0.4 is 4.74 Å². The van der Waals surface area contributed by atoms with Crippen molar-refractivity contribution >= 4 is 32.8 Å². The Hall–Kier alpha value is -2.03. The van der Waals surface area contributed by atoms with E-state index >= 15 is 0 Å². The minimum Gasteiger partial charge on any atom is -0.493 e. The van der Waals surface area contributed by atoms with Gasteiger partial charge in [-0.25, -0.2) is 13.4 Å². The van der Waals surface area contributed by atoms with Crippen LogP contribution in [0.1, 0.15) is 26.3 Å². The second-order valence-electron chi connectivity index (χ2n) is 6.89. The number of nitrogens with zero attached hydrogens (tertiary/aromatic N) is 3. The second kappa shape index (κ2) is 9.85. The first-order valence-electron chi connectivity index (χ1n) is 10.2. The molecule has 3 rings (SSSR count). The highest BCUT2D eigenvalue weighted by molar-refractivity contribution is 7.99. The van der Waals surface area contributed by atoms with Gasteiger partial charge in [0.15, 0.2) is 5.16 Å². The second-order valence-corrected chi connectivity index (χ2v) is 9.89. The fourth-order valence-electron chi connectivity index (χ4n) is 3.37. The van der Waals surface area contributed by atoms with Crippen molar-refractivity contribution in [1.82, 2.24) is 13.9 Å². The van der Waals surface area contributed by atoms with Gasteiger partial charge in [0.2, 0.25) is 10.0 Å². The number of rotatable bonds is 10. The number of benzene rings is 2. The zero-order chi connectivity index (χ0) is 21.7. The van der Waals surface area contributed by atoms with Gasteiger partial charge in [0.1, 0.15) is 5.75 Å². The molecule has 0 aliphatic carbocycles. The summed E-state index contributed by atoms with van der Waals surface area (Å²) in [6.07, 6.45) is 0. The highest BCUT2D eigenvalue weighted by Crippen LogP contribution is 2.27. The summed E-state index contributed by atoms with van der Waals surface area (Å²) in [5, 5.41) is 0.873. The molecular formula is C22H29N3O3S2. The van der Waals surface area contributed by atoms with Crippen LogP contribution in [-0.2, 0) is 16.6 Å². The smallest absolute Gasteiger partial charge is 0.243 e. The average Bonchev–Trinajstić information content (AvgIpc) is 3.08. The van der Waals surface area contributed by atoms with E-state index in [9.17, 15) is 8.42 Å². The van der Waals surface area contributed by atoms with E-state index in [1.807, 2.05) is 51.1 Å². The van der Waals surface area contributed by atoms with Crippen LogP contribution in [0.5, 0.6) is 5.75 Å². The van der Waals surface area contributed by atoms with Crippen molar-refractivity contribution < 1.29 is 13.2 Å². The first-order valence-corrected chi connectivity index (χ1v) is 12.7. The molecule has 0 bridgehead atoms. The first-order chi connectivity index (χ1) is 14.4. The predicted molar refractivity (Wildman–Crippen MR) is 123 cm³/mol. The van der Waals surface area contributed by atoms with E-state index in [1.54, 1.807) is 23.9 Å². The quantitative estimate of drug-likeness (QED) is 0.337. The van der Waals surface area contributed by atoms with E-state index in [-0.39, 0.29) is 0 Å². The SMILES string of the molecule is CCN(CC)S(=O)(=O)c1ccc2c(c1)nc(SCCOc1cccc(C)c1)n2CC. The van der Waals surface area contributed by atoms with Crippen molar-refractivity contribution in [3.8, 4) is 5.75 Å².